The number of hydrogen-bond donors (Lipinski definition) is 1. The van der Waals surface area contributed by atoms with Gasteiger partial charge in [-0.2, -0.15) is 0 Å². The molecular formula is C11H13BrFNO. The van der Waals surface area contributed by atoms with Crippen LogP contribution in [0.3, 0.4) is 0 Å². The van der Waals surface area contributed by atoms with Gasteiger partial charge in [0.2, 0.25) is 5.91 Å². The molecule has 1 rings (SSSR count). The van der Waals surface area contributed by atoms with E-state index in [1.165, 1.54) is 12.1 Å². The molecule has 0 aromatic heterocycles. The first kappa shape index (κ1) is 12.2. The summed E-state index contributed by atoms with van der Waals surface area (Å²) in [5, 5.41) is 2.75. The van der Waals surface area contributed by atoms with Crippen molar-refractivity contribution in [3.8, 4) is 0 Å². The maximum Gasteiger partial charge on any atom is 0.236 e. The van der Waals surface area contributed by atoms with E-state index in [9.17, 15) is 9.18 Å². The van der Waals surface area contributed by atoms with Crippen LogP contribution in [0.5, 0.6) is 0 Å². The highest BCUT2D eigenvalue weighted by Gasteiger charge is 2.22. The average Bonchev–Trinajstić information content (AvgIpc) is 2.15. The summed E-state index contributed by atoms with van der Waals surface area (Å²) in [7, 11) is 0. The number of alkyl halides is 1. The van der Waals surface area contributed by atoms with Crippen LogP contribution < -0.4 is 5.32 Å². The summed E-state index contributed by atoms with van der Waals surface area (Å²) in [5.74, 6) is -0.363. The zero-order valence-corrected chi connectivity index (χ0v) is 10.3. The lowest BCUT2D eigenvalue weighted by atomic mass is 10.2. The predicted octanol–water partition coefficient (Wildman–Crippen LogP) is 2.62. The van der Waals surface area contributed by atoms with E-state index >= 15 is 0 Å². The van der Waals surface area contributed by atoms with Crippen molar-refractivity contribution >= 4 is 21.8 Å². The van der Waals surface area contributed by atoms with Gasteiger partial charge in [0.05, 0.1) is 4.32 Å². The van der Waals surface area contributed by atoms with Crippen LogP contribution in [0.15, 0.2) is 24.3 Å². The highest BCUT2D eigenvalue weighted by atomic mass is 79.9. The Morgan fingerprint density at radius 2 is 1.93 bits per heavy atom. The lowest BCUT2D eigenvalue weighted by molar-refractivity contribution is -0.122. The second-order valence-corrected chi connectivity index (χ2v) is 5.76. The van der Waals surface area contributed by atoms with E-state index in [2.05, 4.69) is 21.2 Å². The van der Waals surface area contributed by atoms with Gasteiger partial charge in [0.25, 0.3) is 0 Å². The summed E-state index contributed by atoms with van der Waals surface area (Å²) in [4.78, 5) is 11.5. The first-order valence-electron chi connectivity index (χ1n) is 4.61. The van der Waals surface area contributed by atoms with E-state index in [1.54, 1.807) is 26.0 Å². The average molecular weight is 274 g/mol. The zero-order chi connectivity index (χ0) is 11.5. The van der Waals surface area contributed by atoms with Gasteiger partial charge in [0.1, 0.15) is 5.82 Å². The minimum Gasteiger partial charge on any atom is -0.351 e. The smallest absolute Gasteiger partial charge is 0.236 e. The minimum absolute atomic E-state index is 0.0909. The maximum atomic E-state index is 12.6. The van der Waals surface area contributed by atoms with Gasteiger partial charge in [-0.1, -0.05) is 28.1 Å². The monoisotopic (exact) mass is 273 g/mol. The Morgan fingerprint density at radius 1 is 1.40 bits per heavy atom. The van der Waals surface area contributed by atoms with Crippen molar-refractivity contribution in [2.75, 3.05) is 0 Å². The molecule has 0 radical (unpaired) electrons. The normalized spacial score (nSPS) is 11.2. The molecule has 1 amide bonds. The lowest BCUT2D eigenvalue weighted by Crippen LogP contribution is -2.36. The van der Waals surface area contributed by atoms with Crippen LogP contribution in [0.25, 0.3) is 0 Å². The molecule has 0 spiro atoms. The van der Waals surface area contributed by atoms with Gasteiger partial charge in [0, 0.05) is 6.54 Å². The number of hydrogen-bond acceptors (Lipinski definition) is 1. The summed E-state index contributed by atoms with van der Waals surface area (Å²) in [6.45, 7) is 3.95. The van der Waals surface area contributed by atoms with Gasteiger partial charge in [-0.25, -0.2) is 4.39 Å². The van der Waals surface area contributed by atoms with Gasteiger partial charge < -0.3 is 5.32 Å². The second kappa shape index (κ2) is 4.75. The van der Waals surface area contributed by atoms with Crippen molar-refractivity contribution in [1.82, 2.24) is 5.32 Å². The number of rotatable bonds is 3. The molecule has 0 atom stereocenters. The first-order valence-corrected chi connectivity index (χ1v) is 5.40. The number of amides is 1. The molecule has 0 heterocycles. The van der Waals surface area contributed by atoms with Gasteiger partial charge in [-0.3, -0.25) is 4.79 Å². The van der Waals surface area contributed by atoms with Crippen LogP contribution in [-0.2, 0) is 11.3 Å². The van der Waals surface area contributed by atoms with E-state index in [0.29, 0.717) is 6.54 Å². The van der Waals surface area contributed by atoms with E-state index in [1.807, 2.05) is 0 Å². The molecule has 1 aromatic rings. The Bertz CT molecular complexity index is 343. The molecule has 0 fully saturated rings. The van der Waals surface area contributed by atoms with Crippen LogP contribution in [0.4, 0.5) is 4.39 Å². The van der Waals surface area contributed by atoms with Crippen molar-refractivity contribution in [3.63, 3.8) is 0 Å². The Balaban J connectivity index is 2.51. The molecule has 1 N–H and O–H groups in total. The zero-order valence-electron chi connectivity index (χ0n) is 8.68. The van der Waals surface area contributed by atoms with E-state index < -0.39 is 4.32 Å². The third-order valence-electron chi connectivity index (χ3n) is 1.91. The molecule has 0 saturated heterocycles. The number of halogens is 2. The molecule has 15 heavy (non-hydrogen) atoms. The number of carbonyl (C=O) groups excluding carboxylic acids is 1. The Hall–Kier alpha value is -0.900. The highest BCUT2D eigenvalue weighted by Crippen LogP contribution is 2.15. The Labute approximate surface area is 97.0 Å². The quantitative estimate of drug-likeness (QED) is 0.843. The fourth-order valence-electron chi connectivity index (χ4n) is 0.995. The van der Waals surface area contributed by atoms with Gasteiger partial charge in [-0.15, -0.1) is 0 Å². The predicted molar refractivity (Wildman–Crippen MR) is 61.3 cm³/mol. The molecular weight excluding hydrogens is 261 g/mol. The lowest BCUT2D eigenvalue weighted by Gasteiger charge is -2.15. The fraction of sp³-hybridized carbons (Fsp3) is 0.364. The molecule has 0 saturated carbocycles. The molecule has 0 aliphatic carbocycles. The van der Waals surface area contributed by atoms with Gasteiger partial charge in [0.15, 0.2) is 0 Å². The van der Waals surface area contributed by atoms with Crippen molar-refractivity contribution in [1.29, 1.82) is 0 Å². The molecule has 4 heteroatoms. The van der Waals surface area contributed by atoms with Crippen molar-refractivity contribution in [2.45, 2.75) is 24.7 Å². The molecule has 82 valence electrons. The van der Waals surface area contributed by atoms with E-state index in [-0.39, 0.29) is 11.7 Å². The third kappa shape index (κ3) is 4.00. The standard InChI is InChI=1S/C11H13BrFNO/c1-11(2,12)10(15)14-7-8-3-5-9(13)6-4-8/h3-6H,7H2,1-2H3,(H,14,15). The molecule has 1 aromatic carbocycles. The first-order chi connectivity index (χ1) is 6.89. The molecule has 2 nitrogen and oxygen atoms in total. The number of carbonyl (C=O) groups is 1. The van der Waals surface area contributed by atoms with Gasteiger partial charge in [-0.05, 0) is 31.5 Å². The molecule has 0 bridgehead atoms. The highest BCUT2D eigenvalue weighted by molar-refractivity contribution is 9.10. The van der Waals surface area contributed by atoms with Crippen LogP contribution in [0.1, 0.15) is 19.4 Å². The van der Waals surface area contributed by atoms with Crippen LogP contribution in [-0.4, -0.2) is 10.2 Å². The third-order valence-corrected chi connectivity index (χ3v) is 2.27. The van der Waals surface area contributed by atoms with E-state index in [0.717, 1.165) is 5.56 Å². The summed E-state index contributed by atoms with van der Waals surface area (Å²) in [6.07, 6.45) is 0. The van der Waals surface area contributed by atoms with Crippen molar-refractivity contribution in [3.05, 3.63) is 35.6 Å². The Kier molecular flexibility index (Phi) is 3.85. The van der Waals surface area contributed by atoms with Crippen molar-refractivity contribution < 1.29 is 9.18 Å². The second-order valence-electron chi connectivity index (χ2n) is 3.78. The summed E-state index contributed by atoms with van der Waals surface area (Å²) >= 11 is 3.26. The van der Waals surface area contributed by atoms with Crippen molar-refractivity contribution in [2.24, 2.45) is 0 Å². The SMILES string of the molecule is CC(C)(Br)C(=O)NCc1ccc(F)cc1. The van der Waals surface area contributed by atoms with Crippen LogP contribution in [0, 0.1) is 5.82 Å². The summed E-state index contributed by atoms with van der Waals surface area (Å²) in [5.41, 5.74) is 0.876. The largest absolute Gasteiger partial charge is 0.351 e. The van der Waals surface area contributed by atoms with Crippen LogP contribution >= 0.6 is 15.9 Å². The number of benzene rings is 1. The molecule has 0 unspecified atom stereocenters. The molecule has 0 aliphatic rings. The summed E-state index contributed by atoms with van der Waals surface area (Å²) in [6, 6.07) is 6.05. The number of nitrogens with one attached hydrogen (secondary N) is 1. The maximum absolute atomic E-state index is 12.6. The van der Waals surface area contributed by atoms with Gasteiger partial charge >= 0.3 is 0 Å². The summed E-state index contributed by atoms with van der Waals surface area (Å²) < 4.78 is 12.0. The minimum atomic E-state index is -0.576. The van der Waals surface area contributed by atoms with E-state index in [4.69, 9.17) is 0 Å². The fourth-order valence-corrected chi connectivity index (χ4v) is 1.13. The Morgan fingerprint density at radius 3 is 2.40 bits per heavy atom. The van der Waals surface area contributed by atoms with Crippen LogP contribution in [0.2, 0.25) is 0 Å². The topological polar surface area (TPSA) is 29.1 Å². The molecule has 0 aliphatic heterocycles.